The van der Waals surface area contributed by atoms with Crippen LogP contribution in [-0.2, 0) is 9.59 Å². The molecular weight excluding hydrogens is 268 g/mol. The lowest BCUT2D eigenvalue weighted by Gasteiger charge is -2.42. The van der Waals surface area contributed by atoms with Crippen LogP contribution in [0.1, 0.15) is 58.3 Å². The molecule has 118 valence electrons. The lowest BCUT2D eigenvalue weighted by atomic mass is 9.85. The number of fused-ring (bicyclic) bond motifs is 2. The van der Waals surface area contributed by atoms with E-state index in [1.54, 1.807) is 11.8 Å². The molecule has 0 radical (unpaired) electrons. The van der Waals surface area contributed by atoms with E-state index in [-0.39, 0.29) is 5.91 Å². The van der Waals surface area contributed by atoms with Gasteiger partial charge in [0.1, 0.15) is 5.54 Å². The monoisotopic (exact) mass is 294 g/mol. The summed E-state index contributed by atoms with van der Waals surface area (Å²) in [6, 6.07) is 1.16. The van der Waals surface area contributed by atoms with Crippen molar-refractivity contribution >= 4 is 11.9 Å². The number of aliphatic carboxylic acids is 1. The van der Waals surface area contributed by atoms with Crippen molar-refractivity contribution in [1.29, 1.82) is 0 Å². The summed E-state index contributed by atoms with van der Waals surface area (Å²) >= 11 is 0. The molecule has 5 heteroatoms. The third kappa shape index (κ3) is 2.80. The molecule has 3 unspecified atom stereocenters. The van der Waals surface area contributed by atoms with E-state index in [9.17, 15) is 14.7 Å². The Morgan fingerprint density at radius 1 is 1.24 bits per heavy atom. The highest BCUT2D eigenvalue weighted by atomic mass is 16.4. The number of hydrogen-bond acceptors (Lipinski definition) is 3. The highest BCUT2D eigenvalue weighted by Gasteiger charge is 2.44. The molecule has 3 saturated heterocycles. The van der Waals surface area contributed by atoms with Crippen LogP contribution in [0.4, 0.5) is 0 Å². The number of carboxylic acid groups (broad SMARTS) is 1. The number of nitrogens with zero attached hydrogens (tertiary/aromatic N) is 1. The van der Waals surface area contributed by atoms with E-state index >= 15 is 0 Å². The van der Waals surface area contributed by atoms with Crippen LogP contribution in [0.25, 0.3) is 0 Å². The molecule has 3 aliphatic heterocycles. The predicted molar refractivity (Wildman–Crippen MR) is 78.9 cm³/mol. The number of likely N-dealkylation sites (tertiary alicyclic amines) is 1. The van der Waals surface area contributed by atoms with Crippen molar-refractivity contribution in [2.45, 2.75) is 75.9 Å². The van der Waals surface area contributed by atoms with E-state index in [1.165, 1.54) is 12.8 Å². The Labute approximate surface area is 126 Å². The molecule has 3 fully saturated rings. The number of amides is 1. The fraction of sp³-hybridized carbons (Fsp3) is 0.875. The van der Waals surface area contributed by atoms with Crippen LogP contribution in [0.5, 0.6) is 0 Å². The molecule has 3 heterocycles. The zero-order valence-electron chi connectivity index (χ0n) is 12.8. The summed E-state index contributed by atoms with van der Waals surface area (Å²) in [4.78, 5) is 25.9. The summed E-state index contributed by atoms with van der Waals surface area (Å²) < 4.78 is 0. The molecule has 3 aliphatic rings. The van der Waals surface area contributed by atoms with Crippen LogP contribution >= 0.6 is 0 Å². The second-order valence-electron chi connectivity index (χ2n) is 7.26. The fourth-order valence-electron chi connectivity index (χ4n) is 4.44. The van der Waals surface area contributed by atoms with Gasteiger partial charge in [-0.25, -0.2) is 4.79 Å². The fourth-order valence-corrected chi connectivity index (χ4v) is 4.44. The van der Waals surface area contributed by atoms with Crippen molar-refractivity contribution in [3.63, 3.8) is 0 Å². The van der Waals surface area contributed by atoms with Gasteiger partial charge in [-0.05, 0) is 57.8 Å². The Kier molecular flexibility index (Phi) is 3.95. The number of hydrogen-bond donors (Lipinski definition) is 2. The van der Waals surface area contributed by atoms with Crippen LogP contribution in [0.2, 0.25) is 0 Å². The standard InChI is InChI=1S/C16H26N2O3/c1-16(15(20)21)6-2-3-7-18(16)14(19)10-11-8-12-4-5-13(9-11)17-12/h11-13,17H,2-10H2,1H3,(H,20,21). The first-order chi connectivity index (χ1) is 9.99. The summed E-state index contributed by atoms with van der Waals surface area (Å²) in [6.07, 6.45) is 7.51. The van der Waals surface area contributed by atoms with Gasteiger partial charge in [0.2, 0.25) is 5.91 Å². The van der Waals surface area contributed by atoms with Crippen molar-refractivity contribution in [1.82, 2.24) is 10.2 Å². The normalized spacial score (nSPS) is 39.3. The Balaban J connectivity index is 1.65. The number of piperidine rings is 2. The number of carbonyl (C=O) groups is 2. The van der Waals surface area contributed by atoms with Crippen molar-refractivity contribution in [2.24, 2.45) is 5.92 Å². The minimum Gasteiger partial charge on any atom is -0.480 e. The molecule has 2 bridgehead atoms. The van der Waals surface area contributed by atoms with E-state index in [0.29, 0.717) is 37.4 Å². The Bertz CT molecular complexity index is 427. The average molecular weight is 294 g/mol. The number of carbonyl (C=O) groups excluding carboxylic acids is 1. The molecule has 0 aliphatic carbocycles. The summed E-state index contributed by atoms with van der Waals surface area (Å²) in [7, 11) is 0. The van der Waals surface area contributed by atoms with Gasteiger partial charge in [-0.1, -0.05) is 0 Å². The quantitative estimate of drug-likeness (QED) is 0.832. The molecule has 0 aromatic rings. The number of carboxylic acids is 1. The van der Waals surface area contributed by atoms with Crippen LogP contribution in [0, 0.1) is 5.92 Å². The van der Waals surface area contributed by atoms with E-state index in [1.807, 2.05) is 0 Å². The molecule has 21 heavy (non-hydrogen) atoms. The molecule has 5 nitrogen and oxygen atoms in total. The molecule has 0 spiro atoms. The van der Waals surface area contributed by atoms with Gasteiger partial charge in [0.25, 0.3) is 0 Å². The van der Waals surface area contributed by atoms with E-state index in [4.69, 9.17) is 0 Å². The first kappa shape index (κ1) is 14.8. The highest BCUT2D eigenvalue weighted by molar-refractivity contribution is 5.87. The number of nitrogens with one attached hydrogen (secondary N) is 1. The van der Waals surface area contributed by atoms with Gasteiger partial charge >= 0.3 is 5.97 Å². The van der Waals surface area contributed by atoms with Crippen LogP contribution < -0.4 is 5.32 Å². The first-order valence-corrected chi connectivity index (χ1v) is 8.29. The Hall–Kier alpha value is -1.10. The largest absolute Gasteiger partial charge is 0.480 e. The second kappa shape index (κ2) is 5.59. The zero-order chi connectivity index (χ0) is 15.0. The van der Waals surface area contributed by atoms with Gasteiger partial charge < -0.3 is 15.3 Å². The lowest BCUT2D eigenvalue weighted by Crippen LogP contribution is -2.57. The summed E-state index contributed by atoms with van der Waals surface area (Å²) in [5.41, 5.74) is -0.999. The summed E-state index contributed by atoms with van der Waals surface area (Å²) in [5.74, 6) is -0.386. The number of rotatable bonds is 3. The minimum atomic E-state index is -0.999. The average Bonchev–Trinajstić information content (AvgIpc) is 2.78. The maximum atomic E-state index is 12.7. The molecule has 3 rings (SSSR count). The maximum absolute atomic E-state index is 12.7. The topological polar surface area (TPSA) is 69.6 Å². The van der Waals surface area contributed by atoms with E-state index in [0.717, 1.165) is 25.7 Å². The van der Waals surface area contributed by atoms with Crippen molar-refractivity contribution in [3.8, 4) is 0 Å². The second-order valence-corrected chi connectivity index (χ2v) is 7.26. The summed E-state index contributed by atoms with van der Waals surface area (Å²) in [6.45, 7) is 2.30. The molecule has 2 N–H and O–H groups in total. The molecule has 1 amide bonds. The Morgan fingerprint density at radius 3 is 2.52 bits per heavy atom. The van der Waals surface area contributed by atoms with E-state index < -0.39 is 11.5 Å². The third-order valence-electron chi connectivity index (χ3n) is 5.69. The van der Waals surface area contributed by atoms with Gasteiger partial charge in [-0.15, -0.1) is 0 Å². The Morgan fingerprint density at radius 2 is 1.90 bits per heavy atom. The minimum absolute atomic E-state index is 0.0471. The third-order valence-corrected chi connectivity index (χ3v) is 5.69. The zero-order valence-corrected chi connectivity index (χ0v) is 12.8. The van der Waals surface area contributed by atoms with Crippen molar-refractivity contribution in [3.05, 3.63) is 0 Å². The smallest absolute Gasteiger partial charge is 0.329 e. The van der Waals surface area contributed by atoms with Crippen LogP contribution in [0.15, 0.2) is 0 Å². The van der Waals surface area contributed by atoms with E-state index in [2.05, 4.69) is 5.32 Å². The van der Waals surface area contributed by atoms with Crippen molar-refractivity contribution < 1.29 is 14.7 Å². The lowest BCUT2D eigenvalue weighted by molar-refractivity contribution is -0.161. The van der Waals surface area contributed by atoms with Gasteiger partial charge in [0.15, 0.2) is 0 Å². The first-order valence-electron chi connectivity index (χ1n) is 8.29. The van der Waals surface area contributed by atoms with Crippen molar-refractivity contribution in [2.75, 3.05) is 6.54 Å². The molecular formula is C16H26N2O3. The van der Waals surface area contributed by atoms with Gasteiger partial charge in [-0.3, -0.25) is 4.79 Å². The predicted octanol–water partition coefficient (Wildman–Crippen LogP) is 1.76. The van der Waals surface area contributed by atoms with Crippen LogP contribution in [-0.4, -0.2) is 46.1 Å². The van der Waals surface area contributed by atoms with Gasteiger partial charge in [-0.2, -0.15) is 0 Å². The summed E-state index contributed by atoms with van der Waals surface area (Å²) in [5, 5.41) is 13.1. The van der Waals surface area contributed by atoms with Gasteiger partial charge in [0, 0.05) is 25.0 Å². The molecule has 0 saturated carbocycles. The maximum Gasteiger partial charge on any atom is 0.329 e. The molecule has 3 atom stereocenters. The molecule has 0 aromatic carbocycles. The molecule has 0 aromatic heterocycles. The van der Waals surface area contributed by atoms with Crippen LogP contribution in [0.3, 0.4) is 0 Å². The SMILES string of the molecule is CC1(C(=O)O)CCCCN1C(=O)CC1CC2CCC(C1)N2. The van der Waals surface area contributed by atoms with Gasteiger partial charge in [0.05, 0.1) is 0 Å². The highest BCUT2D eigenvalue weighted by Crippen LogP contribution is 2.35.